The van der Waals surface area contributed by atoms with Gasteiger partial charge in [0, 0.05) is 160 Å². The van der Waals surface area contributed by atoms with E-state index < -0.39 is 0 Å². The van der Waals surface area contributed by atoms with Crippen LogP contribution in [0.15, 0.2) is 419 Å². The molecule has 0 N–H and O–H groups in total. The van der Waals surface area contributed by atoms with Gasteiger partial charge in [0.15, 0.2) is 0 Å². The standard InChI is InChI=1S/C45H29N6.2C39H26N5.3Pt/c1-47-29-48(28-44(47)51-41-21-8-3-14-33(41)34-15-4-9-22-42(34)51)30-23-24-37-35-16-2-6-19-39(35)49(43(37)27-30)31-12-10-13-32(26-31)50-40-20-7-5-17-36(40)38-18-11-25-46-45(38)50;1-41-26-42(25-39(41)44-36-18-6-3-13-30(36)31-14-4-7-19-37(31)44)28-11-10-12-29(24-28)43-35-17-5-2-15-32(35)33-21-20-27(23-38(33)43)34-16-8-9-22-40-34;1-41-26-42(25-39(41)44-36-18-6-3-13-30(36)31-14-4-7-19-37(31)44)28-20-21-33-32-15-2-5-17-35(32)43(38(33)24-28)29-12-10-11-27(23-29)34-16-8-9-22-40-34;;;/h2-25,28-29H,1H3;2*2-22,25-26H,1H3;;;/q3*-3;;;. The van der Waals surface area contributed by atoms with Crippen molar-refractivity contribution in [3.05, 3.63) is 476 Å². The second-order valence-corrected chi connectivity index (χ2v) is 35.3. The molecule has 0 unspecified atom stereocenters. The Bertz CT molecular complexity index is 9380. The smallest absolute Gasteiger partial charge is 0.143 e. The second kappa shape index (κ2) is 36.1. The Morgan fingerprint density at radius 3 is 0.817 bits per heavy atom. The maximum absolute atomic E-state index is 4.82. The fraction of sp³-hybridized carbons (Fsp3) is 0.0244. The molecule has 19 heteroatoms. The molecule has 142 heavy (non-hydrogen) atoms. The van der Waals surface area contributed by atoms with Gasteiger partial charge in [0.25, 0.3) is 0 Å². The van der Waals surface area contributed by atoms with Crippen molar-refractivity contribution in [1.82, 2.24) is 61.6 Å². The molecule has 692 valence electrons. The largest absolute Gasteiger partial charge is 0.498 e. The molecule has 29 rings (SSSR count). The minimum atomic E-state index is 0. The summed E-state index contributed by atoms with van der Waals surface area (Å²) in [5.41, 5.74) is 25.9. The van der Waals surface area contributed by atoms with Crippen LogP contribution in [0.5, 0.6) is 0 Å². The van der Waals surface area contributed by atoms with Gasteiger partial charge in [0.05, 0.1) is 56.1 Å². The van der Waals surface area contributed by atoms with Gasteiger partial charge >= 0.3 is 0 Å². The van der Waals surface area contributed by atoms with Gasteiger partial charge in [0.1, 0.15) is 5.65 Å². The van der Waals surface area contributed by atoms with Gasteiger partial charge in [-0.3, -0.25) is 13.7 Å². The predicted molar refractivity (Wildman–Crippen MR) is 569 cm³/mol. The quantitative estimate of drug-likeness (QED) is 0.111. The normalized spacial score (nSPS) is 13.2. The number of benzene rings is 16. The first kappa shape index (κ1) is 88.4. The molecule has 10 aromatic heterocycles. The maximum Gasteiger partial charge on any atom is 0.143 e. The van der Waals surface area contributed by atoms with Crippen LogP contribution in [0, 0.1) is 56.4 Å². The molecule has 0 fully saturated rings. The second-order valence-electron chi connectivity index (χ2n) is 35.3. The van der Waals surface area contributed by atoms with Crippen molar-refractivity contribution >= 4 is 187 Å². The van der Waals surface area contributed by atoms with Gasteiger partial charge in [-0.15, -0.1) is 142 Å². The van der Waals surface area contributed by atoms with Gasteiger partial charge < -0.3 is 57.6 Å². The molecule has 3 aliphatic rings. The molecule has 26 aromatic rings. The molecule has 0 bridgehead atoms. The van der Waals surface area contributed by atoms with Crippen LogP contribution < -0.4 is 14.7 Å². The molecule has 13 heterocycles. The summed E-state index contributed by atoms with van der Waals surface area (Å²) in [6, 6.07) is 156. The van der Waals surface area contributed by atoms with Crippen LogP contribution in [-0.2, 0) is 63.2 Å². The van der Waals surface area contributed by atoms with Crippen LogP contribution >= 0.6 is 0 Å². The SMILES string of the molecule is CN1[CH-]N(c2[c-]c(-n3c4[c-]c(-c5ccccn5)ccc4c4ccccc43)ccc2)C=C1n1c2ccccc2c2ccccc21.CN1[CH-]N(c2[c-]c3c(cc2)c2ccccc2n3-c2[c-]c(-c3ccccn3)ccc2)C=C1n1c2ccccc2c2ccccc21.CN1[CH-]N(c2[c-]c3c(cc2)c2ccccc2n3-c2[c-]c(-n3c4ccccc4c4cccnc43)ccc2)C=C1n1c2ccccc2c2ccccc21.[Pt].[Pt].[Pt]. The minimum Gasteiger partial charge on any atom is -0.498 e. The topological polar surface area (TPSA) is 92.6 Å². The molecule has 0 spiro atoms. The number of aromatic nitrogens is 10. The van der Waals surface area contributed by atoms with Crippen molar-refractivity contribution in [2.45, 2.75) is 0 Å². The van der Waals surface area contributed by atoms with Gasteiger partial charge in [-0.2, -0.15) is 44.3 Å². The fourth-order valence-electron chi connectivity index (χ4n) is 21.1. The van der Waals surface area contributed by atoms with Crippen molar-refractivity contribution in [2.24, 2.45) is 0 Å². The van der Waals surface area contributed by atoms with E-state index in [1.165, 1.54) is 87.0 Å². The van der Waals surface area contributed by atoms with Gasteiger partial charge in [-0.05, 0) is 145 Å². The van der Waals surface area contributed by atoms with Crippen molar-refractivity contribution < 1.29 is 63.2 Å². The van der Waals surface area contributed by atoms with Crippen LogP contribution in [0.25, 0.3) is 215 Å². The monoisotopic (exact) mass is 2370 g/mol. The Hall–Kier alpha value is -16.3. The maximum atomic E-state index is 4.82. The van der Waals surface area contributed by atoms with Crippen LogP contribution in [-0.4, -0.2) is 82.8 Å². The summed E-state index contributed by atoms with van der Waals surface area (Å²) in [7, 11) is 6.30. The molecular weight excluding hydrogens is 2290 g/mol. The van der Waals surface area contributed by atoms with E-state index in [4.69, 9.17) is 4.98 Å². The molecule has 3 aliphatic heterocycles. The zero-order chi connectivity index (χ0) is 92.0. The van der Waals surface area contributed by atoms with E-state index in [1.54, 1.807) is 0 Å². The van der Waals surface area contributed by atoms with Crippen molar-refractivity contribution in [3.8, 4) is 45.3 Å². The summed E-state index contributed by atoms with van der Waals surface area (Å²) in [4.78, 5) is 27.0. The van der Waals surface area contributed by atoms with E-state index in [0.29, 0.717) is 0 Å². The summed E-state index contributed by atoms with van der Waals surface area (Å²) in [5, 5.41) is 16.8. The van der Waals surface area contributed by atoms with E-state index in [2.05, 4.69) is 507 Å². The van der Waals surface area contributed by atoms with E-state index in [9.17, 15) is 0 Å². The Balaban J connectivity index is 0.000000114. The van der Waals surface area contributed by atoms with Crippen LogP contribution in [0.2, 0.25) is 0 Å². The number of para-hydroxylation sites is 10. The van der Waals surface area contributed by atoms with Crippen molar-refractivity contribution in [1.29, 1.82) is 0 Å². The summed E-state index contributed by atoms with van der Waals surface area (Å²) in [6.07, 6.45) is 12.1. The average molecular weight is 2370 g/mol. The van der Waals surface area contributed by atoms with Crippen molar-refractivity contribution in [2.75, 3.05) is 35.8 Å². The number of anilines is 3. The Labute approximate surface area is 861 Å². The summed E-state index contributed by atoms with van der Waals surface area (Å²) >= 11 is 0. The van der Waals surface area contributed by atoms with E-state index in [1.807, 2.05) is 61.1 Å². The third-order valence-electron chi connectivity index (χ3n) is 27.3. The molecule has 0 saturated heterocycles. The summed E-state index contributed by atoms with van der Waals surface area (Å²) in [6.45, 7) is 6.37. The zero-order valence-electron chi connectivity index (χ0n) is 76.7. The van der Waals surface area contributed by atoms with Crippen LogP contribution in [0.1, 0.15) is 0 Å². The predicted octanol–water partition coefficient (Wildman–Crippen LogP) is 28.1. The molecule has 0 radical (unpaired) electrons. The van der Waals surface area contributed by atoms with Gasteiger partial charge in [0.2, 0.25) is 0 Å². The number of hydrogen-bond donors (Lipinski definition) is 0. The fourth-order valence-corrected chi connectivity index (χ4v) is 21.1. The number of fused-ring (bicyclic) bond motifs is 21. The molecule has 0 aliphatic carbocycles. The summed E-state index contributed by atoms with van der Waals surface area (Å²) < 4.78 is 16.1. The van der Waals surface area contributed by atoms with Gasteiger partial charge in [-0.25, -0.2) is 4.98 Å². The van der Waals surface area contributed by atoms with E-state index in [-0.39, 0.29) is 63.2 Å². The molecule has 0 amide bonds. The first-order valence-electron chi connectivity index (χ1n) is 46.5. The zero-order valence-corrected chi connectivity index (χ0v) is 83.5. The van der Waals surface area contributed by atoms with Crippen LogP contribution in [0.3, 0.4) is 0 Å². The number of rotatable bonds is 12. The Morgan fingerprint density at radius 2 is 0.451 bits per heavy atom. The number of nitrogens with zero attached hydrogens (tertiary/aromatic N) is 16. The average Bonchev–Trinajstić information content (AvgIpc) is 1.59. The molecule has 16 nitrogen and oxygen atoms in total. The molecule has 16 aromatic carbocycles. The van der Waals surface area contributed by atoms with Crippen molar-refractivity contribution in [3.63, 3.8) is 0 Å². The Kier molecular flexibility index (Phi) is 22.5. The van der Waals surface area contributed by atoms with Gasteiger partial charge in [-0.1, -0.05) is 240 Å². The summed E-state index contributed by atoms with van der Waals surface area (Å²) in [5.74, 6) is 3.22. The first-order valence-corrected chi connectivity index (χ1v) is 46.5. The Morgan fingerprint density at radius 1 is 0.190 bits per heavy atom. The van der Waals surface area contributed by atoms with Crippen LogP contribution in [0.4, 0.5) is 17.1 Å². The number of hydrogen-bond acceptors (Lipinski definition) is 9. The number of pyridine rings is 3. The molecule has 0 atom stereocenters. The third-order valence-corrected chi connectivity index (χ3v) is 27.3. The third kappa shape index (κ3) is 14.5. The molecular formula is C123H81N16Pt3-9. The molecule has 0 saturated carbocycles. The first-order chi connectivity index (χ1) is 68.7. The minimum absolute atomic E-state index is 0. The van der Waals surface area contributed by atoms with E-state index in [0.717, 1.165) is 146 Å². The van der Waals surface area contributed by atoms with E-state index >= 15 is 0 Å².